The minimum absolute atomic E-state index is 0.267. The van der Waals surface area contributed by atoms with Gasteiger partial charge in [0.15, 0.2) is 0 Å². The van der Waals surface area contributed by atoms with E-state index in [-0.39, 0.29) is 36.7 Å². The molecule has 4 amide bonds. The van der Waals surface area contributed by atoms with Crippen LogP contribution in [0.2, 0.25) is 0 Å². The van der Waals surface area contributed by atoms with Gasteiger partial charge in [-0.25, -0.2) is 0 Å². The van der Waals surface area contributed by atoms with Gasteiger partial charge in [0.25, 0.3) is 11.8 Å². The number of carbonyl (C=O) groups is 4. The number of thiocarbonyl (C=S) groups is 2. The van der Waals surface area contributed by atoms with Crippen molar-refractivity contribution in [1.82, 2.24) is 9.80 Å². The van der Waals surface area contributed by atoms with Gasteiger partial charge in [-0.1, -0.05) is 73.0 Å². The summed E-state index contributed by atoms with van der Waals surface area (Å²) >= 11 is 11.0. The number of piperidine rings is 2. The number of benzene rings is 2. The average molecular weight is 527 g/mol. The largest absolute Gasteiger partial charge is 0.278 e. The minimum atomic E-state index is -0.605. The van der Waals surface area contributed by atoms with Crippen molar-refractivity contribution in [2.24, 2.45) is 0 Å². The van der Waals surface area contributed by atoms with E-state index >= 15 is 0 Å². The van der Waals surface area contributed by atoms with Gasteiger partial charge in [0, 0.05) is 22.8 Å². The van der Waals surface area contributed by atoms with Crippen molar-refractivity contribution in [3.63, 3.8) is 0 Å². The molecule has 4 aliphatic rings. The molecule has 2 aromatic carbocycles. The van der Waals surface area contributed by atoms with Crippen LogP contribution in [-0.4, -0.2) is 56.2 Å². The van der Waals surface area contributed by atoms with Crippen LogP contribution in [0.4, 0.5) is 0 Å². The first-order valence-electron chi connectivity index (χ1n) is 12.3. The van der Waals surface area contributed by atoms with E-state index in [0.717, 1.165) is 22.3 Å². The first kappa shape index (κ1) is 23.8. The molecule has 2 aliphatic carbocycles. The second-order valence-corrected chi connectivity index (χ2v) is 10.5. The lowest BCUT2D eigenvalue weighted by molar-refractivity contribution is -0.144. The number of imide groups is 2. The molecule has 0 aromatic heterocycles. The van der Waals surface area contributed by atoms with E-state index in [9.17, 15) is 19.2 Å². The fraction of sp³-hybridized carbons (Fsp3) is 0.241. The molecule has 2 unspecified atom stereocenters. The maximum absolute atomic E-state index is 13.2. The highest BCUT2D eigenvalue weighted by molar-refractivity contribution is 7.81. The molecule has 4 bridgehead atoms. The van der Waals surface area contributed by atoms with E-state index in [0.29, 0.717) is 40.1 Å². The van der Waals surface area contributed by atoms with E-state index in [1.54, 1.807) is 12.2 Å². The van der Waals surface area contributed by atoms with Crippen LogP contribution in [-0.2, 0) is 19.2 Å². The Balaban J connectivity index is 1.10. The smallest absolute Gasteiger partial charge is 0.261 e. The third kappa shape index (κ3) is 3.66. The van der Waals surface area contributed by atoms with E-state index in [4.69, 9.17) is 24.4 Å². The SMILES string of the molecule is O=C1C2=Cc3ccccc3C(C(=O)N1CCCCCN1C(=O)C3=Cc4ccccc4C(C1=O)C3=S)C2=S. The first-order valence-corrected chi connectivity index (χ1v) is 13.1. The average Bonchev–Trinajstić information content (AvgIpc) is 2.89. The van der Waals surface area contributed by atoms with Crippen molar-refractivity contribution < 1.29 is 19.2 Å². The summed E-state index contributed by atoms with van der Waals surface area (Å²) < 4.78 is 0. The fourth-order valence-electron chi connectivity index (χ4n) is 5.62. The zero-order valence-corrected chi connectivity index (χ0v) is 21.4. The Bertz CT molecular complexity index is 1390. The summed E-state index contributed by atoms with van der Waals surface area (Å²) in [5, 5.41) is 0. The van der Waals surface area contributed by atoms with Crippen LogP contribution in [0.5, 0.6) is 0 Å². The van der Waals surface area contributed by atoms with E-state index in [2.05, 4.69) is 0 Å². The lowest BCUT2D eigenvalue weighted by atomic mass is 9.78. The highest BCUT2D eigenvalue weighted by Crippen LogP contribution is 2.39. The lowest BCUT2D eigenvalue weighted by Gasteiger charge is -2.37. The van der Waals surface area contributed by atoms with Gasteiger partial charge in [-0.15, -0.1) is 0 Å². The predicted molar refractivity (Wildman–Crippen MR) is 147 cm³/mol. The van der Waals surface area contributed by atoms with Crippen LogP contribution in [0, 0.1) is 0 Å². The monoisotopic (exact) mass is 526 g/mol. The van der Waals surface area contributed by atoms with Crippen LogP contribution in [0.25, 0.3) is 12.2 Å². The van der Waals surface area contributed by atoms with Crippen molar-refractivity contribution in [2.45, 2.75) is 31.1 Å². The fourth-order valence-corrected chi connectivity index (χ4v) is 6.37. The Morgan fingerprint density at radius 2 is 1.00 bits per heavy atom. The first-order chi connectivity index (χ1) is 17.9. The van der Waals surface area contributed by atoms with E-state index < -0.39 is 11.8 Å². The van der Waals surface area contributed by atoms with Gasteiger partial charge in [0.05, 0.1) is 11.1 Å². The number of hydrogen-bond acceptors (Lipinski definition) is 6. The second-order valence-electron chi connectivity index (χ2n) is 9.62. The zero-order valence-electron chi connectivity index (χ0n) is 19.8. The van der Waals surface area contributed by atoms with Crippen LogP contribution >= 0.6 is 24.4 Å². The Labute approximate surface area is 224 Å². The lowest BCUT2D eigenvalue weighted by Crippen LogP contribution is -2.51. The Kier molecular flexibility index (Phi) is 5.81. The summed E-state index contributed by atoms with van der Waals surface area (Å²) in [7, 11) is 0. The minimum Gasteiger partial charge on any atom is -0.278 e. The number of nitrogens with zero attached hydrogens (tertiary/aromatic N) is 2. The molecule has 184 valence electrons. The molecule has 0 radical (unpaired) electrons. The third-order valence-electron chi connectivity index (χ3n) is 7.51. The highest BCUT2D eigenvalue weighted by atomic mass is 32.1. The van der Waals surface area contributed by atoms with Gasteiger partial charge in [-0.05, 0) is 53.7 Å². The second kappa shape index (κ2) is 9.04. The van der Waals surface area contributed by atoms with Gasteiger partial charge in [0.1, 0.15) is 11.8 Å². The molecule has 2 aromatic rings. The normalized spacial score (nSPS) is 22.1. The summed E-state index contributed by atoms with van der Waals surface area (Å²) in [6.07, 6.45) is 5.32. The van der Waals surface area contributed by atoms with Gasteiger partial charge >= 0.3 is 0 Å². The molecule has 0 saturated carbocycles. The topological polar surface area (TPSA) is 74.8 Å². The third-order valence-corrected chi connectivity index (χ3v) is 8.42. The summed E-state index contributed by atoms with van der Waals surface area (Å²) in [5.74, 6) is -2.48. The predicted octanol–water partition coefficient (Wildman–Crippen LogP) is 4.00. The number of carbonyl (C=O) groups excluding carboxylic acids is 4. The summed E-state index contributed by atoms with van der Waals surface area (Å²) in [6.45, 7) is 0.535. The molecule has 2 atom stereocenters. The maximum Gasteiger partial charge on any atom is 0.261 e. The quantitative estimate of drug-likeness (QED) is 0.322. The maximum atomic E-state index is 13.2. The standard InChI is InChI=1S/C29H22N2O4S2/c32-26-20-14-16-8-2-4-10-18(16)22(24(20)36)28(34)30(26)12-6-1-7-13-31-27(33)21-15-17-9-3-5-11-19(17)23(25(21)37)29(31)35/h2-5,8-11,14-15,22-23H,1,6-7,12-13H2. The van der Waals surface area contributed by atoms with Crippen molar-refractivity contribution in [1.29, 1.82) is 0 Å². The van der Waals surface area contributed by atoms with Gasteiger partial charge < -0.3 is 0 Å². The Morgan fingerprint density at radius 1 is 0.595 bits per heavy atom. The Morgan fingerprint density at radius 3 is 1.43 bits per heavy atom. The molecule has 2 saturated heterocycles. The zero-order chi connectivity index (χ0) is 25.8. The molecule has 6 nitrogen and oxygen atoms in total. The van der Waals surface area contributed by atoms with E-state index in [1.165, 1.54) is 9.80 Å². The number of hydrogen-bond donors (Lipinski definition) is 0. The molecule has 6 rings (SSSR count). The molecule has 0 N–H and O–H groups in total. The van der Waals surface area contributed by atoms with Crippen molar-refractivity contribution in [3.05, 3.63) is 81.9 Å². The molecule has 8 heteroatoms. The summed E-state index contributed by atoms with van der Waals surface area (Å²) in [4.78, 5) is 55.9. The molecule has 2 aliphatic heterocycles. The van der Waals surface area contributed by atoms with Crippen LogP contribution < -0.4 is 0 Å². The molecule has 2 heterocycles. The van der Waals surface area contributed by atoms with Gasteiger partial charge in [-0.2, -0.15) is 0 Å². The van der Waals surface area contributed by atoms with Crippen LogP contribution in [0.3, 0.4) is 0 Å². The van der Waals surface area contributed by atoms with Crippen LogP contribution in [0.1, 0.15) is 53.4 Å². The summed E-state index contributed by atoms with van der Waals surface area (Å²) in [6, 6.07) is 15.0. The number of fused-ring (bicyclic) bond motifs is 8. The van der Waals surface area contributed by atoms with Crippen molar-refractivity contribution in [3.8, 4) is 0 Å². The molecular weight excluding hydrogens is 504 g/mol. The molecule has 2 fully saturated rings. The molecular formula is C29H22N2O4S2. The van der Waals surface area contributed by atoms with E-state index in [1.807, 2.05) is 48.5 Å². The van der Waals surface area contributed by atoms with Crippen LogP contribution in [0.15, 0.2) is 59.7 Å². The number of amides is 4. The highest BCUT2D eigenvalue weighted by Gasteiger charge is 2.46. The summed E-state index contributed by atoms with van der Waals surface area (Å²) in [5.41, 5.74) is 4.21. The number of unbranched alkanes of at least 4 members (excludes halogenated alkanes) is 2. The van der Waals surface area contributed by atoms with Gasteiger partial charge in [-0.3, -0.25) is 29.0 Å². The van der Waals surface area contributed by atoms with Crippen molar-refractivity contribution in [2.75, 3.05) is 13.1 Å². The molecule has 0 spiro atoms. The number of rotatable bonds is 6. The Hall–Kier alpha value is -3.62. The number of likely N-dealkylation sites (tertiary alicyclic amines) is 2. The van der Waals surface area contributed by atoms with Crippen molar-refractivity contribution >= 4 is 69.9 Å². The molecule has 37 heavy (non-hydrogen) atoms. The van der Waals surface area contributed by atoms with Gasteiger partial charge in [0.2, 0.25) is 11.8 Å².